The third-order valence-electron chi connectivity index (χ3n) is 6.16. The highest BCUT2D eigenvalue weighted by Crippen LogP contribution is 2.34. The summed E-state index contributed by atoms with van der Waals surface area (Å²) in [5, 5.41) is 8.37. The van der Waals surface area contributed by atoms with Crippen molar-refractivity contribution in [2.45, 2.75) is 13.0 Å². The Bertz CT molecular complexity index is 1360. The molecule has 1 N–H and O–H groups in total. The van der Waals surface area contributed by atoms with Gasteiger partial charge in [0, 0.05) is 35.3 Å². The number of fused-ring (bicyclic) bond motifs is 2. The number of H-pyrrole nitrogens is 1. The number of carbonyl (C=O) groups excluding carboxylic acids is 1. The van der Waals surface area contributed by atoms with Gasteiger partial charge in [-0.1, -0.05) is 11.6 Å². The molecule has 0 saturated heterocycles. The summed E-state index contributed by atoms with van der Waals surface area (Å²) in [5.74, 6) is 1.11. The fourth-order valence-corrected chi connectivity index (χ4v) is 4.55. The summed E-state index contributed by atoms with van der Waals surface area (Å²) in [7, 11) is 5.63. The van der Waals surface area contributed by atoms with Crippen molar-refractivity contribution in [3.63, 3.8) is 0 Å². The molecule has 0 saturated carbocycles. The summed E-state index contributed by atoms with van der Waals surface area (Å²) in [6.07, 6.45) is 4.21. The Morgan fingerprint density at radius 1 is 1.32 bits per heavy atom. The molecule has 1 aromatic carbocycles. The maximum atomic E-state index is 13.7. The van der Waals surface area contributed by atoms with E-state index in [9.17, 15) is 4.79 Å². The lowest BCUT2D eigenvalue weighted by molar-refractivity contribution is 0.0856. The highest BCUT2D eigenvalue weighted by atomic mass is 35.5. The molecule has 4 aromatic rings. The van der Waals surface area contributed by atoms with Crippen LogP contribution in [0, 0.1) is 5.92 Å². The number of benzene rings is 1. The van der Waals surface area contributed by atoms with Crippen molar-refractivity contribution >= 4 is 28.4 Å². The van der Waals surface area contributed by atoms with Gasteiger partial charge in [-0.2, -0.15) is 5.10 Å². The number of nitrogens with one attached hydrogen (secondary N) is 1. The van der Waals surface area contributed by atoms with Gasteiger partial charge in [0.05, 0.1) is 37.1 Å². The second kappa shape index (κ2) is 9.12. The Morgan fingerprint density at radius 2 is 2.18 bits per heavy atom. The van der Waals surface area contributed by atoms with Gasteiger partial charge in [0.2, 0.25) is 5.88 Å². The molecule has 0 spiro atoms. The summed E-state index contributed by atoms with van der Waals surface area (Å²) in [6.45, 7) is 1.86. The van der Waals surface area contributed by atoms with Crippen molar-refractivity contribution in [2.75, 3.05) is 34.4 Å². The van der Waals surface area contributed by atoms with Crippen LogP contribution in [0.4, 0.5) is 0 Å². The molecule has 0 aliphatic carbocycles. The van der Waals surface area contributed by atoms with E-state index in [-0.39, 0.29) is 11.7 Å². The SMILES string of the molecule is COc1[nH]ncc1-c1ccc2c(C(=O)C3COc4ccc(Cl)cc4C3)cn(CCN(C)C)c2n1. The lowest BCUT2D eigenvalue weighted by Crippen LogP contribution is -2.28. The third kappa shape index (κ3) is 4.15. The molecule has 176 valence electrons. The molecule has 0 amide bonds. The standard InChI is InChI=1S/C25H26ClN5O3/c1-30(2)8-9-31-13-20(23(32)16-10-15-11-17(26)4-7-22(15)34-14-16)18-5-6-21(28-24(18)31)19-12-27-29-25(19)33-3/h4-7,11-13,16H,8-10,14H2,1-3H3,(H,27,29). The van der Waals surface area contributed by atoms with Gasteiger partial charge in [0.25, 0.3) is 0 Å². The molecule has 8 nitrogen and oxygen atoms in total. The van der Waals surface area contributed by atoms with Crippen molar-refractivity contribution in [1.29, 1.82) is 0 Å². The highest BCUT2D eigenvalue weighted by molar-refractivity contribution is 6.30. The fourth-order valence-electron chi connectivity index (χ4n) is 4.35. The number of nitrogens with zero attached hydrogens (tertiary/aromatic N) is 4. The van der Waals surface area contributed by atoms with E-state index in [1.807, 2.05) is 49.1 Å². The van der Waals surface area contributed by atoms with Crippen LogP contribution in [0.3, 0.4) is 0 Å². The van der Waals surface area contributed by atoms with Crippen molar-refractivity contribution < 1.29 is 14.3 Å². The van der Waals surface area contributed by atoms with Crippen LogP contribution in [0.1, 0.15) is 15.9 Å². The number of pyridine rings is 1. The molecule has 1 unspecified atom stereocenters. The van der Waals surface area contributed by atoms with Crippen LogP contribution in [0.5, 0.6) is 11.6 Å². The molecule has 0 fully saturated rings. The normalized spacial score (nSPS) is 15.4. The monoisotopic (exact) mass is 479 g/mol. The zero-order valence-corrected chi connectivity index (χ0v) is 20.1. The molecular weight excluding hydrogens is 454 g/mol. The molecule has 5 rings (SSSR count). The van der Waals surface area contributed by atoms with Gasteiger partial charge in [-0.15, -0.1) is 0 Å². The number of likely N-dealkylation sites (N-methyl/N-ethyl adjacent to an activating group) is 1. The number of methoxy groups -OCH3 is 1. The third-order valence-corrected chi connectivity index (χ3v) is 6.40. The van der Waals surface area contributed by atoms with E-state index in [1.165, 1.54) is 0 Å². The summed E-state index contributed by atoms with van der Waals surface area (Å²) in [6, 6.07) is 9.40. The number of halogens is 1. The van der Waals surface area contributed by atoms with Crippen molar-refractivity contribution in [3.05, 3.63) is 58.9 Å². The largest absolute Gasteiger partial charge is 0.493 e. The van der Waals surface area contributed by atoms with Gasteiger partial charge in [-0.05, 0) is 56.4 Å². The van der Waals surface area contributed by atoms with Crippen LogP contribution in [0.15, 0.2) is 42.7 Å². The van der Waals surface area contributed by atoms with Gasteiger partial charge in [0.15, 0.2) is 5.78 Å². The van der Waals surface area contributed by atoms with Crippen LogP contribution in [0.25, 0.3) is 22.3 Å². The quantitative estimate of drug-likeness (QED) is 0.402. The Labute approximate surface area is 202 Å². The predicted molar refractivity (Wildman–Crippen MR) is 131 cm³/mol. The maximum Gasteiger partial charge on any atom is 0.218 e. The van der Waals surface area contributed by atoms with Crippen LogP contribution >= 0.6 is 11.6 Å². The van der Waals surface area contributed by atoms with Gasteiger partial charge < -0.3 is 18.9 Å². The molecule has 1 atom stereocenters. The number of hydrogen-bond acceptors (Lipinski definition) is 6. The Morgan fingerprint density at radius 3 is 2.97 bits per heavy atom. The van der Waals surface area contributed by atoms with E-state index in [0.717, 1.165) is 40.1 Å². The average Bonchev–Trinajstić information content (AvgIpc) is 3.46. The van der Waals surface area contributed by atoms with Gasteiger partial charge in [-0.3, -0.25) is 4.79 Å². The smallest absolute Gasteiger partial charge is 0.218 e. The van der Waals surface area contributed by atoms with E-state index < -0.39 is 0 Å². The summed E-state index contributed by atoms with van der Waals surface area (Å²) in [4.78, 5) is 20.7. The van der Waals surface area contributed by atoms with Crippen LogP contribution in [-0.4, -0.2) is 64.8 Å². The predicted octanol–water partition coefficient (Wildman–Crippen LogP) is 4.08. The molecule has 1 aliphatic rings. The van der Waals surface area contributed by atoms with E-state index in [2.05, 4.69) is 15.1 Å². The Kier molecular flexibility index (Phi) is 6.02. The van der Waals surface area contributed by atoms with Gasteiger partial charge >= 0.3 is 0 Å². The summed E-state index contributed by atoms with van der Waals surface area (Å²) < 4.78 is 13.3. The molecule has 4 heterocycles. The molecule has 3 aromatic heterocycles. The van der Waals surface area contributed by atoms with Crippen molar-refractivity contribution in [3.8, 4) is 22.9 Å². The minimum absolute atomic E-state index is 0.0506. The zero-order valence-electron chi connectivity index (χ0n) is 19.3. The molecule has 0 radical (unpaired) electrons. The number of Topliss-reactive ketones (excluding diaryl/α,β-unsaturated/α-hetero) is 1. The van der Waals surface area contributed by atoms with E-state index in [0.29, 0.717) is 36.0 Å². The number of aromatic amines is 1. The zero-order chi connectivity index (χ0) is 23.8. The first-order valence-corrected chi connectivity index (χ1v) is 11.5. The summed E-state index contributed by atoms with van der Waals surface area (Å²) >= 11 is 6.17. The second-order valence-electron chi connectivity index (χ2n) is 8.75. The van der Waals surface area contributed by atoms with E-state index >= 15 is 0 Å². The first-order valence-electron chi connectivity index (χ1n) is 11.1. The topological polar surface area (TPSA) is 85.3 Å². The number of carbonyl (C=O) groups is 1. The van der Waals surface area contributed by atoms with Gasteiger partial charge in [0.1, 0.15) is 11.4 Å². The average molecular weight is 480 g/mol. The Balaban J connectivity index is 1.53. The minimum atomic E-state index is -0.285. The fraction of sp³-hybridized carbons (Fsp3) is 0.320. The van der Waals surface area contributed by atoms with Crippen LogP contribution < -0.4 is 9.47 Å². The first-order chi connectivity index (χ1) is 16.4. The molecule has 1 aliphatic heterocycles. The van der Waals surface area contributed by atoms with Crippen molar-refractivity contribution in [1.82, 2.24) is 24.6 Å². The minimum Gasteiger partial charge on any atom is -0.493 e. The van der Waals surface area contributed by atoms with E-state index in [4.69, 9.17) is 26.1 Å². The maximum absolute atomic E-state index is 13.7. The number of rotatable bonds is 7. The number of ether oxygens (including phenoxy) is 2. The van der Waals surface area contributed by atoms with E-state index in [1.54, 1.807) is 19.4 Å². The molecular formula is C25H26ClN5O3. The molecule has 0 bridgehead atoms. The Hall–Kier alpha value is -3.36. The lowest BCUT2D eigenvalue weighted by atomic mass is 9.90. The number of ketones is 1. The van der Waals surface area contributed by atoms with Crippen LogP contribution in [-0.2, 0) is 13.0 Å². The number of aromatic nitrogens is 4. The molecule has 9 heteroatoms. The second-order valence-corrected chi connectivity index (χ2v) is 9.19. The first kappa shape index (κ1) is 22.4. The molecule has 34 heavy (non-hydrogen) atoms. The summed E-state index contributed by atoms with van der Waals surface area (Å²) in [5.41, 5.74) is 3.87. The van der Waals surface area contributed by atoms with Gasteiger partial charge in [-0.25, -0.2) is 10.1 Å². The van der Waals surface area contributed by atoms with Crippen LogP contribution in [0.2, 0.25) is 5.02 Å². The number of hydrogen-bond donors (Lipinski definition) is 1. The lowest BCUT2D eigenvalue weighted by Gasteiger charge is -2.24. The highest BCUT2D eigenvalue weighted by Gasteiger charge is 2.29. The van der Waals surface area contributed by atoms with Crippen molar-refractivity contribution in [2.24, 2.45) is 5.92 Å².